The Balaban J connectivity index is 2.06. The molecule has 3 N–H and O–H groups in total. The number of hydrogen-bond donors (Lipinski definition) is 2. The number of pyridine rings is 1. The van der Waals surface area contributed by atoms with Crippen molar-refractivity contribution in [2.24, 2.45) is 7.05 Å². The Morgan fingerprint density at radius 3 is 2.90 bits per heavy atom. The van der Waals surface area contributed by atoms with Gasteiger partial charge in [0, 0.05) is 13.2 Å². The molecule has 0 fully saturated rings. The highest BCUT2D eigenvalue weighted by Gasteiger charge is 2.16. The molecule has 0 aliphatic carbocycles. The summed E-state index contributed by atoms with van der Waals surface area (Å²) < 4.78 is 1.71. The second-order valence-electron chi connectivity index (χ2n) is 4.92. The lowest BCUT2D eigenvalue weighted by Gasteiger charge is -2.00. The van der Waals surface area contributed by atoms with Crippen molar-refractivity contribution in [1.82, 2.24) is 34.9 Å². The van der Waals surface area contributed by atoms with Crippen LogP contribution in [0.3, 0.4) is 0 Å². The van der Waals surface area contributed by atoms with Gasteiger partial charge in [-0.15, -0.1) is 0 Å². The van der Waals surface area contributed by atoms with Crippen molar-refractivity contribution < 1.29 is 0 Å². The van der Waals surface area contributed by atoms with Gasteiger partial charge in [0.25, 0.3) is 0 Å². The quantitative estimate of drug-likeness (QED) is 0.541. The van der Waals surface area contributed by atoms with Crippen LogP contribution < -0.4 is 5.73 Å². The Bertz CT molecular complexity index is 981. The molecule has 4 heterocycles. The number of H-pyrrole nitrogens is 1. The average Bonchev–Trinajstić information content (AvgIpc) is 3.04. The highest BCUT2D eigenvalue weighted by Crippen LogP contribution is 2.27. The van der Waals surface area contributed by atoms with Crippen LogP contribution in [0.25, 0.3) is 33.6 Å². The molecule has 8 nitrogen and oxygen atoms in total. The van der Waals surface area contributed by atoms with Gasteiger partial charge in [-0.05, 0) is 18.6 Å². The molecule has 0 amide bonds. The number of nitrogens with zero attached hydrogens (tertiary/aromatic N) is 6. The number of nitrogens with one attached hydrogen (secondary N) is 1. The molecule has 21 heavy (non-hydrogen) atoms. The predicted molar refractivity (Wildman–Crippen MR) is 78.3 cm³/mol. The Labute approximate surface area is 119 Å². The minimum absolute atomic E-state index is 0.378. The number of aromatic nitrogens is 7. The van der Waals surface area contributed by atoms with Crippen LogP contribution in [-0.2, 0) is 7.05 Å². The number of nitrogen functional groups attached to an aromatic ring is 1. The topological polar surface area (TPSA) is 111 Å². The molecular formula is C13H12N8. The molecule has 8 heteroatoms. The SMILES string of the molecule is Cc1cnc2c(c1)c(-c1nc(N)c3cn[nH]c3n1)nn2C. The molecule has 0 aliphatic rings. The van der Waals surface area contributed by atoms with Gasteiger partial charge in [-0.25, -0.2) is 19.6 Å². The van der Waals surface area contributed by atoms with Crippen LogP contribution in [0.4, 0.5) is 5.82 Å². The van der Waals surface area contributed by atoms with E-state index in [0.717, 1.165) is 16.6 Å². The van der Waals surface area contributed by atoms with Crippen molar-refractivity contribution in [1.29, 1.82) is 0 Å². The lowest BCUT2D eigenvalue weighted by molar-refractivity contribution is 0.787. The van der Waals surface area contributed by atoms with E-state index in [1.807, 2.05) is 20.0 Å². The standard InChI is InChI=1S/C13H12N8/c1-6-3-7-9(20-21(2)13(7)15-4-6)12-17-10(14)8-5-16-19-11(8)18-12/h3-5H,1-2H3,(H3,14,16,17,18,19). The van der Waals surface area contributed by atoms with Crippen LogP contribution in [-0.4, -0.2) is 34.9 Å². The molecule has 0 saturated heterocycles. The van der Waals surface area contributed by atoms with Gasteiger partial charge in [-0.2, -0.15) is 10.2 Å². The summed E-state index contributed by atoms with van der Waals surface area (Å²) in [5, 5.41) is 12.8. The summed E-state index contributed by atoms with van der Waals surface area (Å²) in [6.07, 6.45) is 3.41. The largest absolute Gasteiger partial charge is 0.383 e. The van der Waals surface area contributed by atoms with Gasteiger partial charge in [0.1, 0.15) is 11.5 Å². The summed E-state index contributed by atoms with van der Waals surface area (Å²) in [5.74, 6) is 0.838. The van der Waals surface area contributed by atoms with Gasteiger partial charge in [0.2, 0.25) is 0 Å². The number of rotatable bonds is 1. The smallest absolute Gasteiger partial charge is 0.184 e. The van der Waals surface area contributed by atoms with E-state index in [1.165, 1.54) is 0 Å². The van der Waals surface area contributed by atoms with E-state index in [0.29, 0.717) is 28.4 Å². The molecule has 4 aromatic heterocycles. The fraction of sp³-hybridized carbons (Fsp3) is 0.154. The molecule has 0 saturated carbocycles. The molecule has 4 aromatic rings. The van der Waals surface area contributed by atoms with Gasteiger partial charge >= 0.3 is 0 Å². The van der Waals surface area contributed by atoms with Crippen LogP contribution in [0.5, 0.6) is 0 Å². The third-order valence-electron chi connectivity index (χ3n) is 3.37. The number of hydrogen-bond acceptors (Lipinski definition) is 6. The first-order valence-electron chi connectivity index (χ1n) is 6.40. The molecule has 0 radical (unpaired) electrons. The maximum absolute atomic E-state index is 5.96. The monoisotopic (exact) mass is 280 g/mol. The summed E-state index contributed by atoms with van der Waals surface area (Å²) in [6.45, 7) is 1.98. The molecule has 0 spiro atoms. The molecule has 0 aromatic carbocycles. The highest BCUT2D eigenvalue weighted by molar-refractivity contribution is 5.92. The fourth-order valence-electron chi connectivity index (χ4n) is 2.37. The van der Waals surface area contributed by atoms with E-state index >= 15 is 0 Å². The Morgan fingerprint density at radius 2 is 2.05 bits per heavy atom. The first-order valence-corrected chi connectivity index (χ1v) is 6.40. The Morgan fingerprint density at radius 1 is 1.19 bits per heavy atom. The average molecular weight is 280 g/mol. The van der Waals surface area contributed by atoms with Crippen molar-refractivity contribution in [3.8, 4) is 11.5 Å². The van der Waals surface area contributed by atoms with Gasteiger partial charge in [-0.1, -0.05) is 0 Å². The Hall–Kier alpha value is -3.03. The zero-order chi connectivity index (χ0) is 14.6. The van der Waals surface area contributed by atoms with Gasteiger partial charge in [0.15, 0.2) is 17.1 Å². The maximum Gasteiger partial charge on any atom is 0.184 e. The molecule has 4 rings (SSSR count). The third-order valence-corrected chi connectivity index (χ3v) is 3.37. The minimum Gasteiger partial charge on any atom is -0.383 e. The lowest BCUT2D eigenvalue weighted by Crippen LogP contribution is -1.98. The zero-order valence-electron chi connectivity index (χ0n) is 11.5. The van der Waals surface area contributed by atoms with Crippen LogP contribution in [0.1, 0.15) is 5.56 Å². The van der Waals surface area contributed by atoms with Gasteiger partial charge in [-0.3, -0.25) is 5.10 Å². The van der Waals surface area contributed by atoms with Crippen LogP contribution in [0, 0.1) is 6.92 Å². The fourth-order valence-corrected chi connectivity index (χ4v) is 2.37. The second-order valence-corrected chi connectivity index (χ2v) is 4.92. The van der Waals surface area contributed by atoms with Crippen molar-refractivity contribution in [2.45, 2.75) is 6.92 Å². The minimum atomic E-state index is 0.378. The molecule has 0 bridgehead atoms. The number of aryl methyl sites for hydroxylation is 2. The van der Waals surface area contributed by atoms with E-state index in [-0.39, 0.29) is 0 Å². The molecule has 0 unspecified atom stereocenters. The first kappa shape index (κ1) is 11.8. The number of anilines is 1. The van der Waals surface area contributed by atoms with Crippen LogP contribution in [0.2, 0.25) is 0 Å². The van der Waals surface area contributed by atoms with Crippen molar-refractivity contribution in [3.05, 3.63) is 24.0 Å². The normalized spacial score (nSPS) is 11.5. The third kappa shape index (κ3) is 1.65. The summed E-state index contributed by atoms with van der Waals surface area (Å²) in [4.78, 5) is 13.2. The van der Waals surface area contributed by atoms with Crippen molar-refractivity contribution in [2.75, 3.05) is 5.73 Å². The van der Waals surface area contributed by atoms with Gasteiger partial charge in [0.05, 0.1) is 17.0 Å². The predicted octanol–water partition coefficient (Wildman–Crippen LogP) is 1.19. The van der Waals surface area contributed by atoms with Crippen molar-refractivity contribution in [3.63, 3.8) is 0 Å². The Kier molecular flexibility index (Phi) is 2.23. The lowest BCUT2D eigenvalue weighted by atomic mass is 10.2. The van der Waals surface area contributed by atoms with E-state index < -0.39 is 0 Å². The molecule has 0 aliphatic heterocycles. The highest BCUT2D eigenvalue weighted by atomic mass is 15.3. The van der Waals surface area contributed by atoms with Crippen LogP contribution in [0.15, 0.2) is 18.5 Å². The van der Waals surface area contributed by atoms with E-state index in [1.54, 1.807) is 17.1 Å². The molecule has 104 valence electrons. The summed E-state index contributed by atoms with van der Waals surface area (Å²) in [5.41, 5.74) is 9.04. The first-order chi connectivity index (χ1) is 10.1. The molecule has 0 atom stereocenters. The second kappa shape index (κ2) is 3.98. The van der Waals surface area contributed by atoms with E-state index in [2.05, 4.69) is 30.2 Å². The van der Waals surface area contributed by atoms with E-state index in [9.17, 15) is 0 Å². The summed E-state index contributed by atoms with van der Waals surface area (Å²) >= 11 is 0. The van der Waals surface area contributed by atoms with E-state index in [4.69, 9.17) is 5.73 Å². The molecular weight excluding hydrogens is 268 g/mol. The number of aromatic amines is 1. The zero-order valence-corrected chi connectivity index (χ0v) is 11.5. The number of nitrogens with two attached hydrogens (primary N) is 1. The summed E-state index contributed by atoms with van der Waals surface area (Å²) in [6, 6.07) is 2.02. The van der Waals surface area contributed by atoms with Crippen molar-refractivity contribution >= 4 is 27.9 Å². The van der Waals surface area contributed by atoms with Crippen LogP contribution >= 0.6 is 0 Å². The maximum atomic E-state index is 5.96. The number of fused-ring (bicyclic) bond motifs is 2. The summed E-state index contributed by atoms with van der Waals surface area (Å²) in [7, 11) is 1.84. The van der Waals surface area contributed by atoms with Gasteiger partial charge < -0.3 is 5.73 Å².